The van der Waals surface area contributed by atoms with Gasteiger partial charge in [0.05, 0.1) is 16.3 Å². The fourth-order valence-electron chi connectivity index (χ4n) is 4.60. The Kier molecular flexibility index (Phi) is 5.71. The van der Waals surface area contributed by atoms with Gasteiger partial charge in [-0.3, -0.25) is 19.9 Å². The maximum absolute atomic E-state index is 13.0. The summed E-state index contributed by atoms with van der Waals surface area (Å²) in [7, 11) is 0. The van der Waals surface area contributed by atoms with E-state index in [-0.39, 0.29) is 11.6 Å². The summed E-state index contributed by atoms with van der Waals surface area (Å²) in [5, 5.41) is 17.7. The molecule has 166 valence electrons. The Balaban J connectivity index is 1.53. The molecule has 7 nitrogen and oxygen atoms in total. The Morgan fingerprint density at radius 1 is 1.06 bits per heavy atom. The standard InChI is InChI=1S/C26H24N4O3/c31-26-24(22-16-21(30(32)33)12-13-23(22)29-26)25(18-5-2-1-3-6-18)28-19-10-8-17(9-11-19)15-20-7-4-14-27-20/h1-3,5-6,8-13,16,20,24,27H,4,7,14-15H2,(H,29,31). The van der Waals surface area contributed by atoms with E-state index in [1.807, 2.05) is 42.5 Å². The summed E-state index contributed by atoms with van der Waals surface area (Å²) in [6, 6.07) is 22.6. The summed E-state index contributed by atoms with van der Waals surface area (Å²) in [5.41, 5.74) is 4.46. The minimum absolute atomic E-state index is 0.0486. The van der Waals surface area contributed by atoms with Crippen molar-refractivity contribution < 1.29 is 9.72 Å². The van der Waals surface area contributed by atoms with E-state index in [1.54, 1.807) is 6.07 Å². The largest absolute Gasteiger partial charge is 0.325 e. The van der Waals surface area contributed by atoms with E-state index in [0.29, 0.717) is 23.0 Å². The number of carbonyl (C=O) groups excluding carboxylic acids is 1. The molecule has 0 aromatic heterocycles. The number of carbonyl (C=O) groups is 1. The molecule has 2 unspecified atom stereocenters. The second-order valence-electron chi connectivity index (χ2n) is 8.48. The van der Waals surface area contributed by atoms with Crippen molar-refractivity contribution in [3.63, 3.8) is 0 Å². The number of nitro groups is 1. The number of nitro benzene ring substituents is 1. The van der Waals surface area contributed by atoms with Crippen LogP contribution in [0.15, 0.2) is 77.8 Å². The van der Waals surface area contributed by atoms with Gasteiger partial charge in [0.1, 0.15) is 5.92 Å². The van der Waals surface area contributed by atoms with Gasteiger partial charge in [0.25, 0.3) is 5.69 Å². The maximum Gasteiger partial charge on any atom is 0.269 e. The van der Waals surface area contributed by atoms with Gasteiger partial charge in [0.15, 0.2) is 0 Å². The lowest BCUT2D eigenvalue weighted by atomic mass is 9.90. The van der Waals surface area contributed by atoms with E-state index in [2.05, 4.69) is 22.8 Å². The minimum atomic E-state index is -0.732. The van der Waals surface area contributed by atoms with Crippen molar-refractivity contribution in [2.24, 2.45) is 4.99 Å². The van der Waals surface area contributed by atoms with Crippen molar-refractivity contribution in [2.45, 2.75) is 31.2 Å². The predicted molar refractivity (Wildman–Crippen MR) is 128 cm³/mol. The van der Waals surface area contributed by atoms with Crippen molar-refractivity contribution >= 4 is 28.7 Å². The first-order valence-electron chi connectivity index (χ1n) is 11.1. The molecule has 3 aromatic carbocycles. The van der Waals surface area contributed by atoms with Crippen LogP contribution in [0.3, 0.4) is 0 Å². The number of amides is 1. The van der Waals surface area contributed by atoms with Crippen molar-refractivity contribution in [3.05, 3.63) is 99.6 Å². The lowest BCUT2D eigenvalue weighted by Crippen LogP contribution is -2.23. The SMILES string of the molecule is O=C1Nc2ccc([N+](=O)[O-])cc2C1C(=Nc1ccc(CC2CCCN2)cc1)c1ccccc1. The molecule has 0 aliphatic carbocycles. The van der Waals surface area contributed by atoms with E-state index in [9.17, 15) is 14.9 Å². The van der Waals surface area contributed by atoms with Crippen LogP contribution in [0.2, 0.25) is 0 Å². The Morgan fingerprint density at radius 2 is 1.85 bits per heavy atom. The summed E-state index contributed by atoms with van der Waals surface area (Å²) >= 11 is 0. The number of benzene rings is 3. The first kappa shape index (κ1) is 21.0. The number of hydrogen-bond acceptors (Lipinski definition) is 5. The van der Waals surface area contributed by atoms with Crippen LogP contribution in [0, 0.1) is 10.1 Å². The molecular formula is C26H24N4O3. The van der Waals surface area contributed by atoms with Gasteiger partial charge in [0, 0.05) is 29.4 Å². The maximum atomic E-state index is 13.0. The molecule has 1 amide bonds. The Bertz CT molecular complexity index is 1220. The number of anilines is 1. The van der Waals surface area contributed by atoms with Gasteiger partial charge in [-0.1, -0.05) is 42.5 Å². The summed E-state index contributed by atoms with van der Waals surface area (Å²) in [6.07, 6.45) is 3.40. The van der Waals surface area contributed by atoms with Crippen LogP contribution in [0.4, 0.5) is 17.1 Å². The molecule has 0 radical (unpaired) electrons. The van der Waals surface area contributed by atoms with Crippen LogP contribution in [-0.4, -0.2) is 29.1 Å². The van der Waals surface area contributed by atoms with E-state index < -0.39 is 10.8 Å². The number of aliphatic imine (C=N–C) groups is 1. The lowest BCUT2D eigenvalue weighted by molar-refractivity contribution is -0.384. The van der Waals surface area contributed by atoms with Gasteiger partial charge >= 0.3 is 0 Å². The summed E-state index contributed by atoms with van der Waals surface area (Å²) in [4.78, 5) is 28.8. The van der Waals surface area contributed by atoms with Crippen molar-refractivity contribution in [2.75, 3.05) is 11.9 Å². The minimum Gasteiger partial charge on any atom is -0.325 e. The number of rotatable bonds is 6. The van der Waals surface area contributed by atoms with Crippen LogP contribution in [0.25, 0.3) is 0 Å². The average molecular weight is 441 g/mol. The fourth-order valence-corrected chi connectivity index (χ4v) is 4.60. The third-order valence-electron chi connectivity index (χ3n) is 6.25. The van der Waals surface area contributed by atoms with Gasteiger partial charge in [-0.05, 0) is 55.1 Å². The molecule has 0 saturated carbocycles. The normalized spacial score (nSPS) is 19.9. The number of hydrogen-bond donors (Lipinski definition) is 2. The fraction of sp³-hybridized carbons (Fsp3) is 0.231. The summed E-state index contributed by atoms with van der Waals surface area (Å²) in [6.45, 7) is 1.08. The highest BCUT2D eigenvalue weighted by Crippen LogP contribution is 2.38. The van der Waals surface area contributed by atoms with Crippen LogP contribution in [0.1, 0.15) is 35.4 Å². The van der Waals surface area contributed by atoms with E-state index in [1.165, 1.54) is 30.5 Å². The number of fused-ring (bicyclic) bond motifs is 1. The molecule has 1 fully saturated rings. The van der Waals surface area contributed by atoms with Gasteiger partial charge in [-0.15, -0.1) is 0 Å². The van der Waals surface area contributed by atoms with Gasteiger partial charge < -0.3 is 10.6 Å². The molecule has 5 rings (SSSR count). The smallest absolute Gasteiger partial charge is 0.269 e. The Hall–Kier alpha value is -3.84. The topological polar surface area (TPSA) is 96.6 Å². The van der Waals surface area contributed by atoms with E-state index in [0.717, 1.165) is 24.2 Å². The van der Waals surface area contributed by atoms with Gasteiger partial charge in [0.2, 0.25) is 5.91 Å². The average Bonchev–Trinajstić information content (AvgIpc) is 3.45. The molecule has 0 spiro atoms. The zero-order chi connectivity index (χ0) is 22.8. The number of non-ortho nitro benzene ring substituents is 1. The molecule has 2 heterocycles. The molecule has 2 N–H and O–H groups in total. The van der Waals surface area contributed by atoms with Crippen LogP contribution in [-0.2, 0) is 11.2 Å². The molecule has 3 aromatic rings. The van der Waals surface area contributed by atoms with Crippen molar-refractivity contribution in [1.82, 2.24) is 5.32 Å². The highest BCUT2D eigenvalue weighted by molar-refractivity contribution is 6.24. The third kappa shape index (κ3) is 4.40. The second kappa shape index (κ2) is 8.96. The molecular weight excluding hydrogens is 416 g/mol. The van der Waals surface area contributed by atoms with Crippen LogP contribution < -0.4 is 10.6 Å². The lowest BCUT2D eigenvalue weighted by Gasteiger charge is -2.14. The Labute approximate surface area is 191 Å². The molecule has 33 heavy (non-hydrogen) atoms. The van der Waals surface area contributed by atoms with Gasteiger partial charge in [-0.25, -0.2) is 0 Å². The number of nitrogens with zero attached hydrogens (tertiary/aromatic N) is 2. The van der Waals surface area contributed by atoms with Crippen LogP contribution in [0.5, 0.6) is 0 Å². The second-order valence-corrected chi connectivity index (χ2v) is 8.48. The van der Waals surface area contributed by atoms with Gasteiger partial charge in [-0.2, -0.15) is 0 Å². The molecule has 2 aliphatic rings. The first-order valence-corrected chi connectivity index (χ1v) is 11.1. The first-order chi connectivity index (χ1) is 16.1. The highest BCUT2D eigenvalue weighted by atomic mass is 16.6. The number of nitrogens with one attached hydrogen (secondary N) is 2. The third-order valence-corrected chi connectivity index (χ3v) is 6.25. The predicted octanol–water partition coefficient (Wildman–Crippen LogP) is 4.75. The zero-order valence-electron chi connectivity index (χ0n) is 18.0. The van der Waals surface area contributed by atoms with Crippen molar-refractivity contribution in [3.8, 4) is 0 Å². The quantitative estimate of drug-likeness (QED) is 0.329. The van der Waals surface area contributed by atoms with E-state index >= 15 is 0 Å². The van der Waals surface area contributed by atoms with Crippen LogP contribution >= 0.6 is 0 Å². The molecule has 1 saturated heterocycles. The molecule has 2 aliphatic heterocycles. The highest BCUT2D eigenvalue weighted by Gasteiger charge is 2.36. The Morgan fingerprint density at radius 3 is 2.55 bits per heavy atom. The monoisotopic (exact) mass is 440 g/mol. The molecule has 0 bridgehead atoms. The summed E-state index contributed by atoms with van der Waals surface area (Å²) in [5.74, 6) is -0.971. The summed E-state index contributed by atoms with van der Waals surface area (Å²) < 4.78 is 0. The zero-order valence-corrected chi connectivity index (χ0v) is 18.0. The molecule has 7 heteroatoms. The molecule has 2 atom stereocenters. The van der Waals surface area contributed by atoms with E-state index in [4.69, 9.17) is 4.99 Å². The van der Waals surface area contributed by atoms with Crippen molar-refractivity contribution in [1.29, 1.82) is 0 Å².